The summed E-state index contributed by atoms with van der Waals surface area (Å²) in [6, 6.07) is 14.3. The molecule has 2 aromatic rings. The molecule has 1 N–H and O–H groups in total. The highest BCUT2D eigenvalue weighted by Crippen LogP contribution is 2.29. The molecule has 5 nitrogen and oxygen atoms in total. The molecule has 1 fully saturated rings. The number of likely N-dealkylation sites (tertiary alicyclic amines) is 1. The molecule has 0 spiro atoms. The molecule has 1 saturated heterocycles. The number of rotatable bonds is 5. The van der Waals surface area contributed by atoms with Crippen molar-refractivity contribution in [2.75, 3.05) is 11.9 Å². The summed E-state index contributed by atoms with van der Waals surface area (Å²) in [5, 5.41) is 2.64. The van der Waals surface area contributed by atoms with Gasteiger partial charge in [-0.15, -0.1) is 13.2 Å². The van der Waals surface area contributed by atoms with Gasteiger partial charge in [-0.2, -0.15) is 0 Å². The van der Waals surface area contributed by atoms with Crippen LogP contribution in [0.4, 0.5) is 18.9 Å². The fraction of sp³-hybridized carbons (Fsp3) is 0.300. The number of anilines is 1. The molecule has 148 valence electrons. The van der Waals surface area contributed by atoms with Crippen molar-refractivity contribution < 1.29 is 27.5 Å². The second-order valence-electron chi connectivity index (χ2n) is 6.60. The Bertz CT molecular complexity index is 838. The summed E-state index contributed by atoms with van der Waals surface area (Å²) < 4.78 is 40.4. The predicted octanol–water partition coefficient (Wildman–Crippen LogP) is 4.13. The van der Waals surface area contributed by atoms with Crippen LogP contribution < -0.4 is 10.1 Å². The summed E-state index contributed by atoms with van der Waals surface area (Å²) in [6.07, 6.45) is -4.67. The van der Waals surface area contributed by atoms with Gasteiger partial charge in [-0.3, -0.25) is 9.59 Å². The van der Waals surface area contributed by atoms with E-state index in [4.69, 9.17) is 0 Å². The lowest BCUT2D eigenvalue weighted by molar-refractivity contribution is -0.274. The van der Waals surface area contributed by atoms with E-state index < -0.39 is 12.3 Å². The normalized spacial score (nSPS) is 18.1. The van der Waals surface area contributed by atoms with Crippen LogP contribution in [0.15, 0.2) is 54.6 Å². The first-order chi connectivity index (χ1) is 13.2. The number of hydrogen-bond acceptors (Lipinski definition) is 3. The maximum Gasteiger partial charge on any atom is 0.573 e. The minimum atomic E-state index is -4.77. The Kier molecular flexibility index (Phi) is 5.58. The van der Waals surface area contributed by atoms with Gasteiger partial charge in [0, 0.05) is 18.7 Å². The van der Waals surface area contributed by atoms with Crippen molar-refractivity contribution in [3.8, 4) is 5.75 Å². The first-order valence-electron chi connectivity index (χ1n) is 8.74. The van der Waals surface area contributed by atoms with E-state index >= 15 is 0 Å². The van der Waals surface area contributed by atoms with E-state index in [2.05, 4.69) is 10.1 Å². The summed E-state index contributed by atoms with van der Waals surface area (Å²) in [4.78, 5) is 26.5. The van der Waals surface area contributed by atoms with Crippen LogP contribution in [0.3, 0.4) is 0 Å². The molecule has 2 amide bonds. The van der Waals surface area contributed by atoms with Crippen LogP contribution in [0.25, 0.3) is 0 Å². The van der Waals surface area contributed by atoms with Crippen molar-refractivity contribution in [3.63, 3.8) is 0 Å². The lowest BCUT2D eigenvalue weighted by Gasteiger charge is -2.25. The number of ether oxygens (including phenoxy) is 1. The topological polar surface area (TPSA) is 58.6 Å². The number of benzene rings is 2. The molecule has 0 radical (unpaired) electrons. The molecule has 28 heavy (non-hydrogen) atoms. The Morgan fingerprint density at radius 3 is 2.39 bits per heavy atom. The lowest BCUT2D eigenvalue weighted by atomic mass is 10.1. The van der Waals surface area contributed by atoms with Crippen molar-refractivity contribution in [3.05, 3.63) is 60.2 Å². The molecule has 1 aliphatic heterocycles. The highest BCUT2D eigenvalue weighted by atomic mass is 19.4. The number of carbonyl (C=O) groups is 2. The van der Waals surface area contributed by atoms with Crippen molar-refractivity contribution in [2.24, 2.45) is 5.92 Å². The fourth-order valence-electron chi connectivity index (χ4n) is 3.18. The molecule has 3 rings (SSSR count). The molecule has 0 aromatic heterocycles. The minimum Gasteiger partial charge on any atom is -0.406 e. The van der Waals surface area contributed by atoms with Gasteiger partial charge in [0.25, 0.3) is 0 Å². The van der Waals surface area contributed by atoms with Gasteiger partial charge in [0.15, 0.2) is 0 Å². The quantitative estimate of drug-likeness (QED) is 0.832. The van der Waals surface area contributed by atoms with Crippen LogP contribution in [0.1, 0.15) is 24.9 Å². The van der Waals surface area contributed by atoms with Gasteiger partial charge >= 0.3 is 6.36 Å². The molecule has 0 unspecified atom stereocenters. The fourth-order valence-corrected chi connectivity index (χ4v) is 3.18. The number of halogens is 3. The number of carbonyl (C=O) groups excluding carboxylic acids is 2. The molecular weight excluding hydrogens is 373 g/mol. The van der Waals surface area contributed by atoms with Gasteiger partial charge in [-0.1, -0.05) is 30.3 Å². The molecule has 2 atom stereocenters. The molecular formula is C20H19F3N2O3. The third-order valence-corrected chi connectivity index (χ3v) is 4.63. The van der Waals surface area contributed by atoms with Crippen LogP contribution in [-0.2, 0) is 9.59 Å². The van der Waals surface area contributed by atoms with Gasteiger partial charge in [-0.05, 0) is 36.8 Å². The summed E-state index contributed by atoms with van der Waals surface area (Å²) >= 11 is 0. The van der Waals surface area contributed by atoms with Crippen molar-refractivity contribution >= 4 is 17.5 Å². The van der Waals surface area contributed by atoms with Crippen molar-refractivity contribution in [1.29, 1.82) is 0 Å². The van der Waals surface area contributed by atoms with Gasteiger partial charge < -0.3 is 15.0 Å². The summed E-state index contributed by atoms with van der Waals surface area (Å²) in [7, 11) is 0. The van der Waals surface area contributed by atoms with Crippen LogP contribution in [-0.4, -0.2) is 29.6 Å². The second kappa shape index (κ2) is 7.92. The maximum atomic E-state index is 12.5. The Morgan fingerprint density at radius 1 is 1.14 bits per heavy atom. The first kappa shape index (κ1) is 19.7. The monoisotopic (exact) mass is 392 g/mol. The number of hydrogen-bond donors (Lipinski definition) is 1. The van der Waals surface area contributed by atoms with E-state index in [0.717, 1.165) is 17.7 Å². The van der Waals surface area contributed by atoms with Crippen LogP contribution in [0.5, 0.6) is 5.75 Å². The maximum absolute atomic E-state index is 12.5. The van der Waals surface area contributed by atoms with Crippen molar-refractivity contribution in [1.82, 2.24) is 4.90 Å². The number of nitrogens with zero attached hydrogens (tertiary/aromatic N) is 1. The standard InChI is InChI=1S/C20H19F3N2O3/c1-13(14-5-3-2-4-6-14)25-12-15(11-18(25)26)19(27)24-16-7-9-17(10-8-16)28-20(21,22)23/h2-10,13,15H,11-12H2,1H3,(H,24,27)/t13-,15+/m1/s1. The molecule has 2 aromatic carbocycles. The molecule has 8 heteroatoms. The van der Waals surface area contributed by atoms with Gasteiger partial charge in [0.1, 0.15) is 5.75 Å². The van der Waals surface area contributed by atoms with E-state index in [0.29, 0.717) is 5.69 Å². The summed E-state index contributed by atoms with van der Waals surface area (Å²) in [5.41, 5.74) is 1.32. The van der Waals surface area contributed by atoms with E-state index in [1.165, 1.54) is 12.1 Å². The first-order valence-corrected chi connectivity index (χ1v) is 8.74. The highest BCUT2D eigenvalue weighted by Gasteiger charge is 2.37. The van der Waals surface area contributed by atoms with Gasteiger partial charge in [-0.25, -0.2) is 0 Å². The minimum absolute atomic E-state index is 0.0955. The highest BCUT2D eigenvalue weighted by molar-refractivity contribution is 5.97. The van der Waals surface area contributed by atoms with E-state index in [-0.39, 0.29) is 36.6 Å². The van der Waals surface area contributed by atoms with Gasteiger partial charge in [0.2, 0.25) is 11.8 Å². The van der Waals surface area contributed by atoms with Crippen LogP contribution in [0.2, 0.25) is 0 Å². The average molecular weight is 392 g/mol. The van der Waals surface area contributed by atoms with E-state index in [1.54, 1.807) is 4.90 Å². The summed E-state index contributed by atoms with van der Waals surface area (Å²) in [5.74, 6) is -1.35. The molecule has 0 saturated carbocycles. The van der Waals surface area contributed by atoms with Crippen LogP contribution in [0, 0.1) is 5.92 Å². The molecule has 1 aliphatic rings. The van der Waals surface area contributed by atoms with Crippen molar-refractivity contribution in [2.45, 2.75) is 25.7 Å². The van der Waals surface area contributed by atoms with Crippen LogP contribution >= 0.6 is 0 Å². The lowest BCUT2D eigenvalue weighted by Crippen LogP contribution is -2.30. The Morgan fingerprint density at radius 2 is 1.79 bits per heavy atom. The molecule has 0 bridgehead atoms. The Hall–Kier alpha value is -3.03. The smallest absolute Gasteiger partial charge is 0.406 e. The molecule has 0 aliphatic carbocycles. The predicted molar refractivity (Wildman–Crippen MR) is 96.4 cm³/mol. The van der Waals surface area contributed by atoms with Gasteiger partial charge in [0.05, 0.1) is 12.0 Å². The number of amides is 2. The van der Waals surface area contributed by atoms with E-state index in [1.807, 2.05) is 37.3 Å². The number of nitrogens with one attached hydrogen (secondary N) is 1. The second-order valence-corrected chi connectivity index (χ2v) is 6.60. The Labute approximate surface area is 160 Å². The largest absolute Gasteiger partial charge is 0.573 e. The number of alkyl halides is 3. The average Bonchev–Trinajstić information content (AvgIpc) is 3.04. The van der Waals surface area contributed by atoms with E-state index in [9.17, 15) is 22.8 Å². The third kappa shape index (κ3) is 4.82. The Balaban J connectivity index is 1.60. The summed E-state index contributed by atoms with van der Waals surface area (Å²) in [6.45, 7) is 2.20. The SMILES string of the molecule is C[C@H](c1ccccc1)N1C[C@@H](C(=O)Nc2ccc(OC(F)(F)F)cc2)CC1=O. The zero-order chi connectivity index (χ0) is 20.3. The zero-order valence-electron chi connectivity index (χ0n) is 15.1. The zero-order valence-corrected chi connectivity index (χ0v) is 15.1. The third-order valence-electron chi connectivity index (χ3n) is 4.63. The molecule has 1 heterocycles.